The fraction of sp³-hybridized carbons (Fsp3) is 0.615. The molecule has 1 aromatic rings. The van der Waals surface area contributed by atoms with E-state index in [4.69, 9.17) is 4.74 Å². The Balaban J connectivity index is 2.15. The smallest absolute Gasteiger partial charge is 0.218 e. The topological polar surface area (TPSA) is 42.4 Å². The van der Waals surface area contributed by atoms with E-state index in [2.05, 4.69) is 4.98 Å². The molecule has 0 saturated heterocycles. The maximum atomic E-state index is 10.3. The van der Waals surface area contributed by atoms with Gasteiger partial charge in [-0.05, 0) is 30.9 Å². The van der Waals surface area contributed by atoms with Gasteiger partial charge < -0.3 is 9.84 Å². The summed E-state index contributed by atoms with van der Waals surface area (Å²) in [5, 5.41) is 10.3. The van der Waals surface area contributed by atoms with E-state index in [0.717, 1.165) is 18.4 Å². The summed E-state index contributed by atoms with van der Waals surface area (Å²) in [5.41, 5.74) is 0.830. The zero-order valence-electron chi connectivity index (χ0n) is 9.72. The van der Waals surface area contributed by atoms with Gasteiger partial charge in [0.1, 0.15) is 0 Å². The first kappa shape index (κ1) is 11.4. The van der Waals surface area contributed by atoms with Crippen LogP contribution in [-0.4, -0.2) is 17.2 Å². The van der Waals surface area contributed by atoms with E-state index in [0.29, 0.717) is 11.8 Å². The fourth-order valence-corrected chi connectivity index (χ4v) is 2.50. The number of ether oxygens (including phenoxy) is 1. The molecule has 1 atom stereocenters. The Labute approximate surface area is 96.5 Å². The molecule has 0 bridgehead atoms. The van der Waals surface area contributed by atoms with Crippen LogP contribution >= 0.6 is 0 Å². The highest BCUT2D eigenvalue weighted by Crippen LogP contribution is 2.36. The molecule has 1 aromatic heterocycles. The molecule has 1 aliphatic rings. The predicted octanol–water partition coefficient (Wildman–Crippen LogP) is 2.70. The summed E-state index contributed by atoms with van der Waals surface area (Å²) in [7, 11) is 1.60. The van der Waals surface area contributed by atoms with Crippen LogP contribution < -0.4 is 4.74 Å². The van der Waals surface area contributed by atoms with Gasteiger partial charge in [-0.25, -0.2) is 4.98 Å². The van der Waals surface area contributed by atoms with Crippen LogP contribution in [-0.2, 0) is 0 Å². The molecule has 88 valence electrons. The number of pyridine rings is 1. The number of aromatic nitrogens is 1. The van der Waals surface area contributed by atoms with Crippen LogP contribution in [0.4, 0.5) is 0 Å². The number of hydrogen-bond donors (Lipinski definition) is 1. The molecule has 1 fully saturated rings. The highest BCUT2D eigenvalue weighted by molar-refractivity contribution is 5.28. The van der Waals surface area contributed by atoms with Gasteiger partial charge in [-0.3, -0.25) is 0 Å². The average molecular weight is 221 g/mol. The SMILES string of the molecule is COc1ncccc1C(O)C1CCCCC1. The minimum atomic E-state index is -0.427. The Morgan fingerprint density at radius 1 is 1.38 bits per heavy atom. The van der Waals surface area contributed by atoms with Crippen molar-refractivity contribution in [3.05, 3.63) is 23.9 Å². The van der Waals surface area contributed by atoms with Crippen molar-refractivity contribution in [1.82, 2.24) is 4.98 Å². The summed E-state index contributed by atoms with van der Waals surface area (Å²) < 4.78 is 5.19. The Bertz CT molecular complexity index is 334. The van der Waals surface area contributed by atoms with Gasteiger partial charge in [0.15, 0.2) is 0 Å². The van der Waals surface area contributed by atoms with E-state index in [-0.39, 0.29) is 0 Å². The average Bonchev–Trinajstić information content (AvgIpc) is 2.39. The van der Waals surface area contributed by atoms with Crippen LogP contribution in [0, 0.1) is 5.92 Å². The molecule has 16 heavy (non-hydrogen) atoms. The summed E-state index contributed by atoms with van der Waals surface area (Å²) in [4.78, 5) is 4.13. The normalized spacial score (nSPS) is 19.4. The largest absolute Gasteiger partial charge is 0.481 e. The molecule has 1 heterocycles. The van der Waals surface area contributed by atoms with Crippen molar-refractivity contribution >= 4 is 0 Å². The highest BCUT2D eigenvalue weighted by Gasteiger charge is 2.25. The molecule has 1 aliphatic carbocycles. The van der Waals surface area contributed by atoms with Crippen molar-refractivity contribution in [3.63, 3.8) is 0 Å². The lowest BCUT2D eigenvalue weighted by Crippen LogP contribution is -2.16. The first-order valence-electron chi connectivity index (χ1n) is 6.00. The van der Waals surface area contributed by atoms with E-state index in [1.54, 1.807) is 13.3 Å². The quantitative estimate of drug-likeness (QED) is 0.853. The molecule has 0 aliphatic heterocycles. The molecule has 0 radical (unpaired) electrons. The van der Waals surface area contributed by atoms with Gasteiger partial charge >= 0.3 is 0 Å². The lowest BCUT2D eigenvalue weighted by molar-refractivity contribution is 0.0819. The number of methoxy groups -OCH3 is 1. The van der Waals surface area contributed by atoms with E-state index in [9.17, 15) is 5.11 Å². The van der Waals surface area contributed by atoms with Crippen LogP contribution in [0.1, 0.15) is 43.8 Å². The van der Waals surface area contributed by atoms with Crippen molar-refractivity contribution in [2.45, 2.75) is 38.2 Å². The first-order chi connectivity index (χ1) is 7.83. The van der Waals surface area contributed by atoms with Gasteiger partial charge in [-0.15, -0.1) is 0 Å². The maximum Gasteiger partial charge on any atom is 0.218 e. The molecule has 0 spiro atoms. The number of rotatable bonds is 3. The zero-order valence-corrected chi connectivity index (χ0v) is 9.72. The summed E-state index contributed by atoms with van der Waals surface area (Å²) in [6, 6.07) is 3.76. The highest BCUT2D eigenvalue weighted by atomic mass is 16.5. The van der Waals surface area contributed by atoms with Gasteiger partial charge in [0.25, 0.3) is 0 Å². The summed E-state index contributed by atoms with van der Waals surface area (Å²) in [6.07, 6.45) is 7.24. The Morgan fingerprint density at radius 3 is 2.81 bits per heavy atom. The van der Waals surface area contributed by atoms with E-state index >= 15 is 0 Å². The van der Waals surface area contributed by atoms with E-state index < -0.39 is 6.10 Å². The Hall–Kier alpha value is -1.09. The standard InChI is InChI=1S/C13H19NO2/c1-16-13-11(8-5-9-14-13)12(15)10-6-3-2-4-7-10/h5,8-10,12,15H,2-4,6-7H2,1H3. The van der Waals surface area contributed by atoms with Crippen molar-refractivity contribution in [1.29, 1.82) is 0 Å². The van der Waals surface area contributed by atoms with Gasteiger partial charge in [0.05, 0.1) is 13.2 Å². The fourth-order valence-electron chi connectivity index (χ4n) is 2.50. The molecular weight excluding hydrogens is 202 g/mol. The van der Waals surface area contributed by atoms with Crippen LogP contribution in [0.5, 0.6) is 5.88 Å². The lowest BCUT2D eigenvalue weighted by Gasteiger charge is -2.27. The first-order valence-corrected chi connectivity index (χ1v) is 6.00. The van der Waals surface area contributed by atoms with Crippen molar-refractivity contribution in [3.8, 4) is 5.88 Å². The summed E-state index contributed by atoms with van der Waals surface area (Å²) in [5.74, 6) is 0.924. The van der Waals surface area contributed by atoms with Crippen molar-refractivity contribution in [2.24, 2.45) is 5.92 Å². The molecule has 1 unspecified atom stereocenters. The third kappa shape index (κ3) is 2.35. The van der Waals surface area contributed by atoms with Crippen molar-refractivity contribution < 1.29 is 9.84 Å². The predicted molar refractivity (Wildman–Crippen MR) is 62.3 cm³/mol. The van der Waals surface area contributed by atoms with Crippen LogP contribution in [0.3, 0.4) is 0 Å². The van der Waals surface area contributed by atoms with Crippen LogP contribution in [0.15, 0.2) is 18.3 Å². The second kappa shape index (κ2) is 5.30. The molecule has 1 N–H and O–H groups in total. The van der Waals surface area contributed by atoms with Gasteiger partial charge in [0.2, 0.25) is 5.88 Å². The zero-order chi connectivity index (χ0) is 11.4. The Morgan fingerprint density at radius 2 is 2.12 bits per heavy atom. The molecule has 2 rings (SSSR count). The molecule has 1 saturated carbocycles. The van der Waals surface area contributed by atoms with Gasteiger partial charge in [-0.1, -0.05) is 19.3 Å². The lowest BCUT2D eigenvalue weighted by atomic mass is 9.83. The van der Waals surface area contributed by atoms with Crippen molar-refractivity contribution in [2.75, 3.05) is 7.11 Å². The second-order valence-electron chi connectivity index (χ2n) is 4.44. The Kier molecular flexibility index (Phi) is 3.78. The number of aliphatic hydroxyl groups is 1. The number of hydrogen-bond acceptors (Lipinski definition) is 3. The second-order valence-corrected chi connectivity index (χ2v) is 4.44. The van der Waals surface area contributed by atoms with E-state index in [1.165, 1.54) is 19.3 Å². The summed E-state index contributed by atoms with van der Waals surface area (Å²) in [6.45, 7) is 0. The maximum absolute atomic E-state index is 10.3. The minimum absolute atomic E-state index is 0.367. The molecule has 0 aromatic carbocycles. The molecule has 3 heteroatoms. The third-order valence-corrected chi connectivity index (χ3v) is 3.41. The van der Waals surface area contributed by atoms with Gasteiger partial charge in [-0.2, -0.15) is 0 Å². The third-order valence-electron chi connectivity index (χ3n) is 3.41. The molecule has 3 nitrogen and oxygen atoms in total. The molecular formula is C13H19NO2. The monoisotopic (exact) mass is 221 g/mol. The van der Waals surface area contributed by atoms with Crippen LogP contribution in [0.25, 0.3) is 0 Å². The van der Waals surface area contributed by atoms with Crippen LogP contribution in [0.2, 0.25) is 0 Å². The molecule has 0 amide bonds. The number of nitrogens with zero attached hydrogens (tertiary/aromatic N) is 1. The van der Waals surface area contributed by atoms with Gasteiger partial charge in [0, 0.05) is 11.8 Å². The minimum Gasteiger partial charge on any atom is -0.481 e. The summed E-state index contributed by atoms with van der Waals surface area (Å²) >= 11 is 0. The van der Waals surface area contributed by atoms with E-state index in [1.807, 2.05) is 12.1 Å². The number of aliphatic hydroxyl groups excluding tert-OH is 1.